The summed E-state index contributed by atoms with van der Waals surface area (Å²) >= 11 is 0. The van der Waals surface area contributed by atoms with Gasteiger partial charge in [-0.3, -0.25) is 4.98 Å². The van der Waals surface area contributed by atoms with E-state index >= 15 is 0 Å². The zero-order valence-corrected chi connectivity index (χ0v) is 13.7. The molecule has 0 atom stereocenters. The second-order valence-corrected chi connectivity index (χ2v) is 5.64. The van der Waals surface area contributed by atoms with Crippen LogP contribution in [0.25, 0.3) is 16.6 Å². The smallest absolute Gasteiger partial charge is 0.145 e. The zero-order chi connectivity index (χ0) is 16.2. The minimum Gasteiger partial charge on any atom is -0.346 e. The number of nitrogens with zero attached hydrogens (tertiary/aromatic N) is 4. The number of hydrogen-bond acceptors (Lipinski definition) is 4. The average molecular weight is 307 g/mol. The van der Waals surface area contributed by atoms with Crippen LogP contribution in [0.2, 0.25) is 0 Å². The number of allylic oxidation sites excluding steroid dienone is 1. The lowest BCUT2D eigenvalue weighted by molar-refractivity contribution is 0.867. The number of aryl methyl sites for hydroxylation is 1. The Labute approximate surface area is 136 Å². The minimum absolute atomic E-state index is 0.876. The van der Waals surface area contributed by atoms with Crippen molar-refractivity contribution in [2.45, 2.75) is 27.2 Å². The first-order chi connectivity index (χ1) is 11.2. The predicted molar refractivity (Wildman–Crippen MR) is 94.2 cm³/mol. The minimum atomic E-state index is 0.876. The highest BCUT2D eigenvalue weighted by molar-refractivity contribution is 5.91. The van der Waals surface area contributed by atoms with Gasteiger partial charge in [0.1, 0.15) is 17.8 Å². The summed E-state index contributed by atoms with van der Waals surface area (Å²) in [7, 11) is 0. The van der Waals surface area contributed by atoms with Gasteiger partial charge >= 0.3 is 0 Å². The molecule has 118 valence electrons. The second kappa shape index (κ2) is 6.60. The summed E-state index contributed by atoms with van der Waals surface area (Å²) in [5.74, 6) is 0.943. The third-order valence-corrected chi connectivity index (χ3v) is 3.85. The van der Waals surface area contributed by atoms with E-state index in [1.54, 1.807) is 12.5 Å². The van der Waals surface area contributed by atoms with E-state index in [-0.39, 0.29) is 0 Å². The molecule has 0 spiro atoms. The van der Waals surface area contributed by atoms with E-state index in [0.717, 1.165) is 46.5 Å². The molecule has 0 aromatic carbocycles. The Kier molecular flexibility index (Phi) is 4.37. The van der Waals surface area contributed by atoms with Crippen molar-refractivity contribution in [3.8, 4) is 0 Å². The topological polar surface area (TPSA) is 57.7 Å². The standard InChI is InChI=1S/C18H21N5/c1-4-8-23(11-14(3)15-6-5-7-19-10-15)18-16-13(2)9-20-17(16)21-12-22-18/h5-7,9-12H,4,8H2,1-3H3,(H,20,21,22)/b14-11+. The summed E-state index contributed by atoms with van der Waals surface area (Å²) in [4.78, 5) is 18.5. The molecule has 3 rings (SSSR count). The molecule has 3 aromatic rings. The maximum absolute atomic E-state index is 4.54. The summed E-state index contributed by atoms with van der Waals surface area (Å²) in [5.41, 5.74) is 4.31. The van der Waals surface area contributed by atoms with Crippen LogP contribution in [0, 0.1) is 6.92 Å². The monoisotopic (exact) mass is 307 g/mol. The molecule has 0 saturated heterocycles. The number of hydrogen-bond donors (Lipinski definition) is 1. The Morgan fingerprint density at radius 2 is 2.22 bits per heavy atom. The molecule has 5 nitrogen and oxygen atoms in total. The Morgan fingerprint density at radius 1 is 1.35 bits per heavy atom. The molecular formula is C18H21N5. The number of pyridine rings is 1. The van der Waals surface area contributed by atoms with E-state index in [9.17, 15) is 0 Å². The molecule has 3 aromatic heterocycles. The first-order valence-corrected chi connectivity index (χ1v) is 7.85. The molecule has 1 N–H and O–H groups in total. The maximum Gasteiger partial charge on any atom is 0.145 e. The highest BCUT2D eigenvalue weighted by Crippen LogP contribution is 2.27. The van der Waals surface area contributed by atoms with Gasteiger partial charge < -0.3 is 9.88 Å². The van der Waals surface area contributed by atoms with Gasteiger partial charge in [0.2, 0.25) is 0 Å². The van der Waals surface area contributed by atoms with Crippen LogP contribution in [0.15, 0.2) is 43.3 Å². The second-order valence-electron chi connectivity index (χ2n) is 5.64. The lowest BCUT2D eigenvalue weighted by atomic mass is 10.1. The molecule has 0 radical (unpaired) electrons. The molecular weight excluding hydrogens is 286 g/mol. The fraction of sp³-hybridized carbons (Fsp3) is 0.278. The van der Waals surface area contributed by atoms with Crippen molar-refractivity contribution in [1.29, 1.82) is 0 Å². The van der Waals surface area contributed by atoms with Crippen molar-refractivity contribution in [3.63, 3.8) is 0 Å². The Bertz CT molecular complexity index is 820. The van der Waals surface area contributed by atoms with Crippen LogP contribution in [-0.2, 0) is 0 Å². The summed E-state index contributed by atoms with van der Waals surface area (Å²) in [6.45, 7) is 7.24. The molecule has 0 fully saturated rings. The van der Waals surface area contributed by atoms with Crippen LogP contribution in [0.1, 0.15) is 31.4 Å². The molecule has 0 aliphatic rings. The molecule has 23 heavy (non-hydrogen) atoms. The van der Waals surface area contributed by atoms with Crippen LogP contribution < -0.4 is 4.90 Å². The van der Waals surface area contributed by atoms with Gasteiger partial charge in [-0.2, -0.15) is 0 Å². The third-order valence-electron chi connectivity index (χ3n) is 3.85. The Morgan fingerprint density at radius 3 is 2.96 bits per heavy atom. The van der Waals surface area contributed by atoms with Crippen LogP contribution in [0.5, 0.6) is 0 Å². The van der Waals surface area contributed by atoms with Crippen molar-refractivity contribution in [2.75, 3.05) is 11.4 Å². The molecule has 0 amide bonds. The number of fused-ring (bicyclic) bond motifs is 1. The van der Waals surface area contributed by atoms with Gasteiger partial charge in [-0.1, -0.05) is 13.0 Å². The average Bonchev–Trinajstić information content (AvgIpc) is 2.97. The van der Waals surface area contributed by atoms with Crippen molar-refractivity contribution in [3.05, 3.63) is 54.4 Å². The molecule has 5 heteroatoms. The summed E-state index contributed by atoms with van der Waals surface area (Å²) in [6, 6.07) is 4.02. The van der Waals surface area contributed by atoms with Crippen molar-refractivity contribution in [2.24, 2.45) is 0 Å². The van der Waals surface area contributed by atoms with Crippen molar-refractivity contribution >= 4 is 22.4 Å². The predicted octanol–water partition coefficient (Wildman–Crippen LogP) is 3.94. The van der Waals surface area contributed by atoms with Crippen LogP contribution in [-0.4, -0.2) is 26.5 Å². The van der Waals surface area contributed by atoms with Crippen molar-refractivity contribution in [1.82, 2.24) is 19.9 Å². The number of rotatable bonds is 5. The summed E-state index contributed by atoms with van der Waals surface area (Å²) < 4.78 is 0. The van der Waals surface area contributed by atoms with E-state index in [1.807, 2.05) is 18.5 Å². The van der Waals surface area contributed by atoms with E-state index in [0.29, 0.717) is 0 Å². The van der Waals surface area contributed by atoms with Gasteiger partial charge in [-0.05, 0) is 43.0 Å². The number of nitrogens with one attached hydrogen (secondary N) is 1. The zero-order valence-electron chi connectivity index (χ0n) is 13.7. The normalized spacial score (nSPS) is 11.9. The number of H-pyrrole nitrogens is 1. The number of aromatic nitrogens is 4. The lowest BCUT2D eigenvalue weighted by Gasteiger charge is -2.21. The fourth-order valence-electron chi connectivity index (χ4n) is 2.69. The Balaban J connectivity index is 2.06. The number of aromatic amines is 1. The summed E-state index contributed by atoms with van der Waals surface area (Å²) in [5, 5.41) is 1.08. The quantitative estimate of drug-likeness (QED) is 0.775. The number of anilines is 1. The highest BCUT2D eigenvalue weighted by atomic mass is 15.2. The van der Waals surface area contributed by atoms with E-state index < -0.39 is 0 Å². The van der Waals surface area contributed by atoms with E-state index in [2.05, 4.69) is 57.9 Å². The molecule has 0 unspecified atom stereocenters. The van der Waals surface area contributed by atoms with Gasteiger partial charge in [-0.15, -0.1) is 0 Å². The van der Waals surface area contributed by atoms with E-state index in [4.69, 9.17) is 0 Å². The van der Waals surface area contributed by atoms with Crippen LogP contribution >= 0.6 is 0 Å². The molecule has 0 bridgehead atoms. The molecule has 0 aliphatic carbocycles. The Hall–Kier alpha value is -2.69. The summed E-state index contributed by atoms with van der Waals surface area (Å²) in [6.07, 6.45) is 10.4. The van der Waals surface area contributed by atoms with Gasteiger partial charge in [0, 0.05) is 31.3 Å². The largest absolute Gasteiger partial charge is 0.346 e. The van der Waals surface area contributed by atoms with Gasteiger partial charge in [0.05, 0.1) is 5.39 Å². The maximum atomic E-state index is 4.54. The van der Waals surface area contributed by atoms with Gasteiger partial charge in [0.15, 0.2) is 0 Å². The first kappa shape index (κ1) is 15.2. The van der Waals surface area contributed by atoms with Crippen molar-refractivity contribution < 1.29 is 0 Å². The molecule has 0 aliphatic heterocycles. The van der Waals surface area contributed by atoms with Crippen LogP contribution in [0.3, 0.4) is 0 Å². The van der Waals surface area contributed by atoms with E-state index in [1.165, 1.54) is 0 Å². The first-order valence-electron chi connectivity index (χ1n) is 7.85. The highest BCUT2D eigenvalue weighted by Gasteiger charge is 2.13. The molecule has 0 saturated carbocycles. The van der Waals surface area contributed by atoms with Crippen LogP contribution in [0.4, 0.5) is 5.82 Å². The van der Waals surface area contributed by atoms with Gasteiger partial charge in [0.25, 0.3) is 0 Å². The SMILES string of the molecule is CCCN(/C=C(\C)c1cccnc1)c1ncnc2[nH]cc(C)c12. The fourth-order valence-corrected chi connectivity index (χ4v) is 2.69. The van der Waals surface area contributed by atoms with Gasteiger partial charge in [-0.25, -0.2) is 9.97 Å². The lowest BCUT2D eigenvalue weighted by Crippen LogP contribution is -2.19. The molecule has 3 heterocycles. The third kappa shape index (κ3) is 3.08.